The van der Waals surface area contributed by atoms with Crippen LogP contribution in [0.4, 0.5) is 0 Å². The summed E-state index contributed by atoms with van der Waals surface area (Å²) in [5.74, 6) is -1.78. The molecule has 0 saturated heterocycles. The van der Waals surface area contributed by atoms with E-state index in [4.69, 9.17) is 5.11 Å². The molecule has 0 spiro atoms. The van der Waals surface area contributed by atoms with Gasteiger partial charge in [0.1, 0.15) is 0 Å². The van der Waals surface area contributed by atoms with Crippen LogP contribution < -0.4 is 0 Å². The largest absolute Gasteiger partial charge is 0.481 e. The maximum atomic E-state index is 10.8. The highest BCUT2D eigenvalue weighted by atomic mass is 16.5. The highest BCUT2D eigenvalue weighted by Gasteiger charge is 2.61. The maximum absolute atomic E-state index is 10.8. The van der Waals surface area contributed by atoms with Crippen LogP contribution in [0.25, 0.3) is 0 Å². The quantitative estimate of drug-likeness (QED) is 0.586. The Morgan fingerprint density at radius 3 is 2.45 bits per heavy atom. The van der Waals surface area contributed by atoms with Gasteiger partial charge < -0.3 is 9.84 Å². The van der Waals surface area contributed by atoms with Crippen molar-refractivity contribution in [3.05, 3.63) is 0 Å². The summed E-state index contributed by atoms with van der Waals surface area (Å²) in [6.45, 7) is 1.55. The molecule has 0 unspecified atom stereocenters. The minimum Gasteiger partial charge on any atom is -0.481 e. The molecule has 0 heterocycles. The lowest BCUT2D eigenvalue weighted by Gasteiger charge is -2.01. The van der Waals surface area contributed by atoms with Crippen LogP contribution in [-0.2, 0) is 14.3 Å². The van der Waals surface area contributed by atoms with Crippen molar-refractivity contribution in [3.8, 4) is 0 Å². The molecule has 1 saturated carbocycles. The predicted octanol–water partition coefficient (Wildman–Crippen LogP) is 0.270. The Kier molecular flexibility index (Phi) is 1.62. The third kappa shape index (κ3) is 1.08. The van der Waals surface area contributed by atoms with Crippen molar-refractivity contribution in [2.24, 2.45) is 11.3 Å². The van der Waals surface area contributed by atoms with E-state index in [-0.39, 0.29) is 0 Å². The van der Waals surface area contributed by atoms with Gasteiger partial charge in [-0.2, -0.15) is 0 Å². The number of hydrogen-bond acceptors (Lipinski definition) is 3. The molecule has 1 N–H and O–H groups in total. The van der Waals surface area contributed by atoms with Crippen molar-refractivity contribution < 1.29 is 19.4 Å². The second-order valence-corrected chi connectivity index (χ2v) is 3.00. The van der Waals surface area contributed by atoms with Crippen LogP contribution in [-0.4, -0.2) is 24.2 Å². The van der Waals surface area contributed by atoms with Gasteiger partial charge >= 0.3 is 11.9 Å². The van der Waals surface area contributed by atoms with Crippen molar-refractivity contribution in [2.45, 2.75) is 13.3 Å². The number of carboxylic acid groups (broad SMARTS) is 1. The van der Waals surface area contributed by atoms with Gasteiger partial charge in [-0.1, -0.05) is 0 Å². The van der Waals surface area contributed by atoms with Crippen LogP contribution in [0, 0.1) is 11.3 Å². The SMILES string of the molecule is COC(=O)[C@@H]1C[C@@]1(C)C(=O)O. The lowest BCUT2D eigenvalue weighted by atomic mass is 10.1. The van der Waals surface area contributed by atoms with E-state index >= 15 is 0 Å². The monoisotopic (exact) mass is 158 g/mol. The number of aliphatic carboxylic acids is 1. The molecule has 2 atom stereocenters. The molecule has 1 rings (SSSR count). The lowest BCUT2D eigenvalue weighted by molar-refractivity contribution is -0.149. The average molecular weight is 158 g/mol. The first kappa shape index (κ1) is 8.04. The average Bonchev–Trinajstić information content (AvgIpc) is 2.63. The summed E-state index contributed by atoms with van der Waals surface area (Å²) in [4.78, 5) is 21.3. The smallest absolute Gasteiger partial charge is 0.310 e. The first-order chi connectivity index (χ1) is 5.02. The molecule has 0 aromatic carbocycles. The Labute approximate surface area is 64.2 Å². The fourth-order valence-electron chi connectivity index (χ4n) is 1.09. The fourth-order valence-corrected chi connectivity index (χ4v) is 1.09. The number of ether oxygens (including phenoxy) is 1. The van der Waals surface area contributed by atoms with Crippen LogP contribution >= 0.6 is 0 Å². The van der Waals surface area contributed by atoms with Crippen molar-refractivity contribution in [1.82, 2.24) is 0 Å². The molecule has 0 radical (unpaired) electrons. The summed E-state index contributed by atoms with van der Waals surface area (Å²) < 4.78 is 4.42. The molecule has 1 aliphatic rings. The summed E-state index contributed by atoms with van der Waals surface area (Å²) >= 11 is 0. The first-order valence-electron chi connectivity index (χ1n) is 3.33. The van der Waals surface area contributed by atoms with Crippen LogP contribution in [0.1, 0.15) is 13.3 Å². The van der Waals surface area contributed by atoms with Crippen molar-refractivity contribution in [3.63, 3.8) is 0 Å². The Hall–Kier alpha value is -1.06. The van der Waals surface area contributed by atoms with E-state index < -0.39 is 23.3 Å². The van der Waals surface area contributed by atoms with E-state index in [0.717, 1.165) is 0 Å². The molecule has 4 nitrogen and oxygen atoms in total. The number of carbonyl (C=O) groups excluding carboxylic acids is 1. The Morgan fingerprint density at radius 1 is 1.64 bits per heavy atom. The molecule has 1 fully saturated rings. The molecular weight excluding hydrogens is 148 g/mol. The van der Waals surface area contributed by atoms with Gasteiger partial charge in [0, 0.05) is 0 Å². The topological polar surface area (TPSA) is 63.6 Å². The van der Waals surface area contributed by atoms with Crippen LogP contribution in [0.2, 0.25) is 0 Å². The van der Waals surface area contributed by atoms with E-state index in [1.54, 1.807) is 6.92 Å². The zero-order valence-corrected chi connectivity index (χ0v) is 6.46. The van der Waals surface area contributed by atoms with Gasteiger partial charge in [-0.05, 0) is 13.3 Å². The molecular formula is C7H10O4. The van der Waals surface area contributed by atoms with Crippen molar-refractivity contribution in [2.75, 3.05) is 7.11 Å². The van der Waals surface area contributed by atoms with Gasteiger partial charge in [0.05, 0.1) is 18.4 Å². The summed E-state index contributed by atoms with van der Waals surface area (Å²) in [7, 11) is 1.27. The molecule has 0 aromatic rings. The number of methoxy groups -OCH3 is 1. The molecule has 0 bridgehead atoms. The summed E-state index contributed by atoms with van der Waals surface area (Å²) in [5, 5.41) is 8.62. The van der Waals surface area contributed by atoms with Crippen LogP contribution in [0.15, 0.2) is 0 Å². The zero-order chi connectivity index (χ0) is 8.65. The Bertz CT molecular complexity index is 210. The highest BCUT2D eigenvalue weighted by Crippen LogP contribution is 2.52. The number of carbonyl (C=O) groups is 2. The molecule has 0 aromatic heterocycles. The molecule has 1 aliphatic carbocycles. The van der Waals surface area contributed by atoms with E-state index in [2.05, 4.69) is 4.74 Å². The Morgan fingerprint density at radius 2 is 2.18 bits per heavy atom. The third-order valence-electron chi connectivity index (χ3n) is 2.21. The number of rotatable bonds is 2. The van der Waals surface area contributed by atoms with E-state index in [0.29, 0.717) is 6.42 Å². The van der Waals surface area contributed by atoms with Gasteiger partial charge in [-0.15, -0.1) is 0 Å². The van der Waals surface area contributed by atoms with Crippen LogP contribution in [0.5, 0.6) is 0 Å². The zero-order valence-electron chi connectivity index (χ0n) is 6.46. The Balaban J connectivity index is 2.60. The molecule has 0 amide bonds. The summed E-state index contributed by atoms with van der Waals surface area (Å²) in [6.07, 6.45) is 0.398. The number of carboxylic acids is 1. The van der Waals surface area contributed by atoms with Crippen molar-refractivity contribution >= 4 is 11.9 Å². The molecule has 62 valence electrons. The third-order valence-corrected chi connectivity index (χ3v) is 2.21. The van der Waals surface area contributed by atoms with Gasteiger partial charge in [0.25, 0.3) is 0 Å². The molecule has 4 heteroatoms. The minimum absolute atomic E-state index is 0.398. The second kappa shape index (κ2) is 2.22. The molecule has 0 aliphatic heterocycles. The molecule has 11 heavy (non-hydrogen) atoms. The number of hydrogen-bond donors (Lipinski definition) is 1. The second-order valence-electron chi connectivity index (χ2n) is 3.00. The standard InChI is InChI=1S/C7H10O4/c1-7(6(9)10)3-4(7)5(8)11-2/h4H,3H2,1-2H3,(H,9,10)/t4-,7+/m0/s1. The highest BCUT2D eigenvalue weighted by molar-refractivity contribution is 5.89. The van der Waals surface area contributed by atoms with Crippen LogP contribution in [0.3, 0.4) is 0 Å². The van der Waals surface area contributed by atoms with Crippen molar-refractivity contribution in [1.29, 1.82) is 0 Å². The predicted molar refractivity (Wildman–Crippen MR) is 35.9 cm³/mol. The van der Waals surface area contributed by atoms with Gasteiger partial charge in [-0.25, -0.2) is 0 Å². The van der Waals surface area contributed by atoms with E-state index in [9.17, 15) is 9.59 Å². The summed E-state index contributed by atoms with van der Waals surface area (Å²) in [6, 6.07) is 0. The van der Waals surface area contributed by atoms with E-state index in [1.807, 2.05) is 0 Å². The lowest BCUT2D eigenvalue weighted by Crippen LogP contribution is -2.17. The van der Waals surface area contributed by atoms with Gasteiger partial charge in [0.2, 0.25) is 0 Å². The summed E-state index contributed by atoms with van der Waals surface area (Å²) in [5.41, 5.74) is -0.868. The first-order valence-corrected chi connectivity index (χ1v) is 3.33. The van der Waals surface area contributed by atoms with Gasteiger partial charge in [-0.3, -0.25) is 9.59 Å². The fraction of sp³-hybridized carbons (Fsp3) is 0.714. The van der Waals surface area contributed by atoms with E-state index in [1.165, 1.54) is 7.11 Å². The normalized spacial score (nSPS) is 34.5. The number of esters is 1. The van der Waals surface area contributed by atoms with Gasteiger partial charge in [0.15, 0.2) is 0 Å². The minimum atomic E-state index is -0.923. The maximum Gasteiger partial charge on any atom is 0.310 e.